The van der Waals surface area contributed by atoms with Gasteiger partial charge in [0.2, 0.25) is 0 Å². The molecule has 1 aliphatic rings. The molecule has 1 aromatic carbocycles. The zero-order chi connectivity index (χ0) is 10.8. The highest BCUT2D eigenvalue weighted by Crippen LogP contribution is 2.29. The Kier molecular flexibility index (Phi) is 2.54. The Bertz CT molecular complexity index is 408. The van der Waals surface area contributed by atoms with Gasteiger partial charge in [0, 0.05) is 12.1 Å². The van der Waals surface area contributed by atoms with Crippen LogP contribution in [0.4, 0.5) is 4.39 Å². The van der Waals surface area contributed by atoms with Gasteiger partial charge in [0.25, 0.3) is 0 Å². The second-order valence-electron chi connectivity index (χ2n) is 3.84. The minimum absolute atomic E-state index is 0.0491. The third-order valence-corrected chi connectivity index (χ3v) is 2.62. The number of allylic oxidation sites excluding steroid dienone is 2. The summed E-state index contributed by atoms with van der Waals surface area (Å²) < 4.78 is 12.7. The average Bonchev–Trinajstić information content (AvgIpc) is 2.17. The number of hydrogen-bond donors (Lipinski definition) is 1. The van der Waals surface area contributed by atoms with Crippen LogP contribution in [0.5, 0.6) is 0 Å². The van der Waals surface area contributed by atoms with E-state index in [2.05, 4.69) is 0 Å². The molecule has 2 nitrogen and oxygen atoms in total. The molecule has 0 radical (unpaired) electrons. The minimum Gasteiger partial charge on any atom is -0.402 e. The molecule has 1 aliphatic carbocycles. The standard InChI is InChI=1S/C12H12FNO/c13-10-3-1-8(2-4-10)9-5-11(14)7-12(15)6-9/h1-4,7,9H,5-6,14H2/t9-/m1/s1. The van der Waals surface area contributed by atoms with Gasteiger partial charge in [-0.05, 0) is 36.1 Å². The molecule has 2 N–H and O–H groups in total. The van der Waals surface area contributed by atoms with Gasteiger partial charge >= 0.3 is 0 Å². The van der Waals surface area contributed by atoms with E-state index in [0.717, 1.165) is 5.56 Å². The third-order valence-electron chi connectivity index (χ3n) is 2.62. The van der Waals surface area contributed by atoms with E-state index in [1.165, 1.54) is 18.2 Å². The van der Waals surface area contributed by atoms with E-state index in [1.807, 2.05) is 0 Å². The maximum atomic E-state index is 12.7. The zero-order valence-electron chi connectivity index (χ0n) is 8.24. The predicted molar refractivity (Wildman–Crippen MR) is 55.7 cm³/mol. The van der Waals surface area contributed by atoms with Gasteiger partial charge in [-0.1, -0.05) is 12.1 Å². The lowest BCUT2D eigenvalue weighted by molar-refractivity contribution is -0.115. The summed E-state index contributed by atoms with van der Waals surface area (Å²) in [4.78, 5) is 11.3. The lowest BCUT2D eigenvalue weighted by atomic mass is 9.86. The molecule has 2 rings (SSSR count). The van der Waals surface area contributed by atoms with E-state index >= 15 is 0 Å². The molecule has 0 saturated carbocycles. The molecule has 1 aromatic rings. The van der Waals surface area contributed by atoms with Crippen molar-refractivity contribution in [3.05, 3.63) is 47.4 Å². The Morgan fingerprint density at radius 1 is 1.20 bits per heavy atom. The summed E-state index contributed by atoms with van der Waals surface area (Å²) in [5.74, 6) is -0.111. The van der Waals surface area contributed by atoms with E-state index in [0.29, 0.717) is 18.5 Å². The smallest absolute Gasteiger partial charge is 0.158 e. The number of halogens is 1. The molecule has 0 bridgehead atoms. The molecular formula is C12H12FNO. The maximum absolute atomic E-state index is 12.7. The van der Waals surface area contributed by atoms with Crippen molar-refractivity contribution in [3.63, 3.8) is 0 Å². The maximum Gasteiger partial charge on any atom is 0.158 e. The predicted octanol–water partition coefficient (Wildman–Crippen LogP) is 2.11. The first-order valence-corrected chi connectivity index (χ1v) is 4.89. The van der Waals surface area contributed by atoms with E-state index in [4.69, 9.17) is 5.73 Å². The lowest BCUT2D eigenvalue weighted by Crippen LogP contribution is -2.16. The summed E-state index contributed by atoms with van der Waals surface area (Å²) in [5.41, 5.74) is 7.23. The molecule has 0 spiro atoms. The van der Waals surface area contributed by atoms with Gasteiger partial charge in [-0.2, -0.15) is 0 Å². The summed E-state index contributed by atoms with van der Waals surface area (Å²) in [6.07, 6.45) is 2.63. The molecule has 15 heavy (non-hydrogen) atoms. The van der Waals surface area contributed by atoms with Crippen LogP contribution >= 0.6 is 0 Å². The van der Waals surface area contributed by atoms with Gasteiger partial charge in [0.05, 0.1) is 0 Å². The molecule has 1 atom stereocenters. The topological polar surface area (TPSA) is 43.1 Å². The number of carbonyl (C=O) groups excluding carboxylic acids is 1. The number of nitrogens with two attached hydrogens (primary N) is 1. The second-order valence-corrected chi connectivity index (χ2v) is 3.84. The fraction of sp³-hybridized carbons (Fsp3) is 0.250. The molecule has 0 fully saturated rings. The van der Waals surface area contributed by atoms with Gasteiger partial charge in [0.15, 0.2) is 5.78 Å². The van der Waals surface area contributed by atoms with Crippen molar-refractivity contribution in [3.8, 4) is 0 Å². The van der Waals surface area contributed by atoms with Crippen LogP contribution in [0.1, 0.15) is 24.3 Å². The fourth-order valence-corrected chi connectivity index (χ4v) is 1.89. The first kappa shape index (κ1) is 9.90. The van der Waals surface area contributed by atoms with Crippen LogP contribution in [0.3, 0.4) is 0 Å². The minimum atomic E-state index is -0.260. The van der Waals surface area contributed by atoms with Gasteiger partial charge in [0.1, 0.15) is 5.82 Å². The second kappa shape index (κ2) is 3.85. The third kappa shape index (κ3) is 2.24. The van der Waals surface area contributed by atoms with Crippen LogP contribution in [-0.4, -0.2) is 5.78 Å². The van der Waals surface area contributed by atoms with Crippen molar-refractivity contribution in [1.29, 1.82) is 0 Å². The summed E-state index contributed by atoms with van der Waals surface area (Å²) in [6.45, 7) is 0. The van der Waals surface area contributed by atoms with Crippen molar-refractivity contribution < 1.29 is 9.18 Å². The zero-order valence-corrected chi connectivity index (χ0v) is 8.24. The van der Waals surface area contributed by atoms with E-state index in [1.54, 1.807) is 12.1 Å². The van der Waals surface area contributed by atoms with Crippen molar-refractivity contribution in [2.24, 2.45) is 5.73 Å². The Hall–Kier alpha value is -1.64. The van der Waals surface area contributed by atoms with E-state index < -0.39 is 0 Å². The molecule has 0 unspecified atom stereocenters. The van der Waals surface area contributed by atoms with Gasteiger partial charge in [-0.25, -0.2) is 4.39 Å². The molecule has 0 saturated heterocycles. The van der Waals surface area contributed by atoms with Crippen molar-refractivity contribution >= 4 is 5.78 Å². The number of carbonyl (C=O) groups is 1. The Labute approximate surface area is 87.6 Å². The Morgan fingerprint density at radius 3 is 2.47 bits per heavy atom. The van der Waals surface area contributed by atoms with Crippen LogP contribution in [0.2, 0.25) is 0 Å². The van der Waals surface area contributed by atoms with E-state index in [-0.39, 0.29) is 17.5 Å². The number of hydrogen-bond acceptors (Lipinski definition) is 2. The Balaban J connectivity index is 2.22. The molecule has 3 heteroatoms. The fourth-order valence-electron chi connectivity index (χ4n) is 1.89. The molecular weight excluding hydrogens is 193 g/mol. The SMILES string of the molecule is NC1=CC(=O)C[C@H](c2ccc(F)cc2)C1. The normalized spacial score (nSPS) is 21.3. The summed E-state index contributed by atoms with van der Waals surface area (Å²) in [6, 6.07) is 6.25. The summed E-state index contributed by atoms with van der Waals surface area (Å²) >= 11 is 0. The number of benzene rings is 1. The van der Waals surface area contributed by atoms with Crippen LogP contribution < -0.4 is 5.73 Å². The lowest BCUT2D eigenvalue weighted by Gasteiger charge is -2.20. The van der Waals surface area contributed by atoms with Crippen molar-refractivity contribution in [2.75, 3.05) is 0 Å². The first-order chi connectivity index (χ1) is 7.15. The van der Waals surface area contributed by atoms with Crippen molar-refractivity contribution in [1.82, 2.24) is 0 Å². The highest BCUT2D eigenvalue weighted by Gasteiger charge is 2.20. The van der Waals surface area contributed by atoms with Gasteiger partial charge < -0.3 is 5.73 Å². The molecule has 78 valence electrons. The molecule has 0 aromatic heterocycles. The average molecular weight is 205 g/mol. The van der Waals surface area contributed by atoms with Crippen LogP contribution in [0, 0.1) is 5.82 Å². The monoisotopic (exact) mass is 205 g/mol. The summed E-state index contributed by atoms with van der Waals surface area (Å²) in [5, 5.41) is 0. The van der Waals surface area contributed by atoms with E-state index in [9.17, 15) is 9.18 Å². The molecule has 0 amide bonds. The number of ketones is 1. The van der Waals surface area contributed by atoms with Gasteiger partial charge in [-0.3, -0.25) is 4.79 Å². The van der Waals surface area contributed by atoms with Crippen LogP contribution in [-0.2, 0) is 4.79 Å². The van der Waals surface area contributed by atoms with Crippen LogP contribution in [0.15, 0.2) is 36.0 Å². The highest BCUT2D eigenvalue weighted by molar-refractivity contribution is 5.91. The molecule has 0 aliphatic heterocycles. The largest absolute Gasteiger partial charge is 0.402 e. The molecule has 0 heterocycles. The summed E-state index contributed by atoms with van der Waals surface area (Å²) in [7, 11) is 0. The quantitative estimate of drug-likeness (QED) is 0.763. The highest BCUT2D eigenvalue weighted by atomic mass is 19.1. The Morgan fingerprint density at radius 2 is 1.87 bits per heavy atom. The van der Waals surface area contributed by atoms with Crippen molar-refractivity contribution in [2.45, 2.75) is 18.8 Å². The number of rotatable bonds is 1. The van der Waals surface area contributed by atoms with Crippen LogP contribution in [0.25, 0.3) is 0 Å². The first-order valence-electron chi connectivity index (χ1n) is 4.89. The van der Waals surface area contributed by atoms with Gasteiger partial charge in [-0.15, -0.1) is 0 Å².